The Balaban J connectivity index is 1.39. The van der Waals surface area contributed by atoms with Crippen LogP contribution in [0, 0.1) is 5.92 Å². The van der Waals surface area contributed by atoms with Crippen LogP contribution in [0.5, 0.6) is 0 Å². The largest absolute Gasteiger partial charge is 0.352 e. The number of piperidine rings is 1. The van der Waals surface area contributed by atoms with Crippen molar-refractivity contribution >= 4 is 34.4 Å². The molecule has 0 bridgehead atoms. The number of hydrogen-bond acceptors (Lipinski definition) is 4. The summed E-state index contributed by atoms with van der Waals surface area (Å²) < 4.78 is 1.79. The van der Waals surface area contributed by atoms with Crippen molar-refractivity contribution in [2.45, 2.75) is 25.9 Å². The topological polar surface area (TPSA) is 67.2 Å². The molecule has 2 heterocycles. The van der Waals surface area contributed by atoms with E-state index in [0.717, 1.165) is 35.0 Å². The van der Waals surface area contributed by atoms with E-state index in [0.29, 0.717) is 37.0 Å². The minimum atomic E-state index is -0.210. The summed E-state index contributed by atoms with van der Waals surface area (Å²) in [5.41, 5.74) is 3.45. The highest BCUT2D eigenvalue weighted by atomic mass is 35.5. The van der Waals surface area contributed by atoms with Gasteiger partial charge in [0.1, 0.15) is 0 Å². The molecule has 0 radical (unpaired) electrons. The first-order valence-corrected chi connectivity index (χ1v) is 12.3. The maximum atomic E-state index is 13.7. The molecule has 1 amide bonds. The third kappa shape index (κ3) is 5.23. The van der Waals surface area contributed by atoms with Gasteiger partial charge in [0.25, 0.3) is 5.56 Å². The van der Waals surface area contributed by atoms with E-state index in [9.17, 15) is 9.59 Å². The van der Waals surface area contributed by atoms with Crippen LogP contribution in [-0.4, -0.2) is 28.5 Å². The number of aromatic nitrogens is 2. The zero-order chi connectivity index (χ0) is 24.2. The van der Waals surface area contributed by atoms with Crippen LogP contribution in [-0.2, 0) is 17.9 Å². The van der Waals surface area contributed by atoms with Gasteiger partial charge in [0.15, 0.2) is 5.82 Å². The molecule has 1 aliphatic rings. The summed E-state index contributed by atoms with van der Waals surface area (Å²) in [4.78, 5) is 33.3. The molecule has 5 rings (SSSR count). The standard InChI is InChI=1S/C28H27ClN4O2/c29-23-12-6-10-21(16-23)17-30-27(34)22-11-7-15-32(19-22)26-28(35)33(18-20-8-2-1-3-9-20)25-14-5-4-13-24(25)31-26/h1-6,8-10,12-14,16,22H,7,11,15,17-19H2,(H,30,34)/t22-/m1/s1. The van der Waals surface area contributed by atoms with Gasteiger partial charge in [0.05, 0.1) is 23.5 Å². The van der Waals surface area contributed by atoms with Crippen molar-refractivity contribution < 1.29 is 4.79 Å². The van der Waals surface area contributed by atoms with E-state index in [1.807, 2.05) is 83.8 Å². The van der Waals surface area contributed by atoms with Gasteiger partial charge in [-0.25, -0.2) is 4.98 Å². The minimum Gasteiger partial charge on any atom is -0.352 e. The Labute approximate surface area is 209 Å². The molecular weight excluding hydrogens is 460 g/mol. The predicted octanol–water partition coefficient (Wildman–Crippen LogP) is 4.63. The zero-order valence-electron chi connectivity index (χ0n) is 19.4. The van der Waals surface area contributed by atoms with E-state index < -0.39 is 0 Å². The number of hydrogen-bond donors (Lipinski definition) is 1. The summed E-state index contributed by atoms with van der Waals surface area (Å²) in [6.45, 7) is 2.05. The number of benzene rings is 3. The molecule has 0 unspecified atom stereocenters. The lowest BCUT2D eigenvalue weighted by Gasteiger charge is -2.32. The molecule has 1 N–H and O–H groups in total. The number of nitrogens with one attached hydrogen (secondary N) is 1. The van der Waals surface area contributed by atoms with Crippen LogP contribution in [0.3, 0.4) is 0 Å². The molecule has 1 aromatic heterocycles. The van der Waals surface area contributed by atoms with Crippen LogP contribution < -0.4 is 15.8 Å². The molecule has 3 aromatic carbocycles. The average molecular weight is 487 g/mol. The van der Waals surface area contributed by atoms with Crippen molar-refractivity contribution in [2.75, 3.05) is 18.0 Å². The Morgan fingerprint density at radius 1 is 1.00 bits per heavy atom. The normalized spacial score (nSPS) is 15.8. The second kappa shape index (κ2) is 10.3. The Hall–Kier alpha value is -3.64. The van der Waals surface area contributed by atoms with E-state index in [1.165, 1.54) is 0 Å². The van der Waals surface area contributed by atoms with Crippen molar-refractivity contribution in [3.8, 4) is 0 Å². The lowest BCUT2D eigenvalue weighted by atomic mass is 9.97. The van der Waals surface area contributed by atoms with Gasteiger partial charge in [-0.1, -0.05) is 66.2 Å². The number of amides is 1. The van der Waals surface area contributed by atoms with Crippen LogP contribution in [0.4, 0.5) is 5.82 Å². The van der Waals surface area contributed by atoms with Crippen LogP contribution in [0.2, 0.25) is 5.02 Å². The van der Waals surface area contributed by atoms with Gasteiger partial charge < -0.3 is 10.2 Å². The quantitative estimate of drug-likeness (QED) is 0.431. The van der Waals surface area contributed by atoms with E-state index >= 15 is 0 Å². The number of halogens is 1. The second-order valence-corrected chi connectivity index (χ2v) is 9.37. The molecule has 0 spiro atoms. The van der Waals surface area contributed by atoms with Gasteiger partial charge in [0, 0.05) is 24.7 Å². The summed E-state index contributed by atoms with van der Waals surface area (Å²) in [5.74, 6) is 0.185. The molecule has 7 heteroatoms. The van der Waals surface area contributed by atoms with E-state index in [1.54, 1.807) is 4.57 Å². The average Bonchev–Trinajstić information content (AvgIpc) is 2.89. The predicted molar refractivity (Wildman–Crippen MR) is 140 cm³/mol. The molecule has 1 saturated heterocycles. The molecule has 1 aliphatic heterocycles. The summed E-state index contributed by atoms with van der Waals surface area (Å²) in [5, 5.41) is 3.68. The first-order valence-electron chi connectivity index (χ1n) is 11.9. The molecule has 0 saturated carbocycles. The number of nitrogens with zero attached hydrogens (tertiary/aromatic N) is 3. The Kier molecular flexibility index (Phi) is 6.82. The van der Waals surface area contributed by atoms with Crippen LogP contribution in [0.1, 0.15) is 24.0 Å². The molecular formula is C28H27ClN4O2. The van der Waals surface area contributed by atoms with E-state index in [2.05, 4.69) is 5.32 Å². The lowest BCUT2D eigenvalue weighted by molar-refractivity contribution is -0.125. The van der Waals surface area contributed by atoms with E-state index in [4.69, 9.17) is 16.6 Å². The Bertz CT molecular complexity index is 1400. The summed E-state index contributed by atoms with van der Waals surface area (Å²) >= 11 is 6.06. The smallest absolute Gasteiger partial charge is 0.294 e. The van der Waals surface area contributed by atoms with Crippen molar-refractivity contribution in [3.05, 3.63) is 105 Å². The highest BCUT2D eigenvalue weighted by Crippen LogP contribution is 2.22. The molecule has 1 fully saturated rings. The third-order valence-corrected chi connectivity index (χ3v) is 6.70. The maximum absolute atomic E-state index is 13.7. The van der Waals surface area contributed by atoms with Gasteiger partial charge >= 0.3 is 0 Å². The van der Waals surface area contributed by atoms with Crippen LogP contribution in [0.15, 0.2) is 83.7 Å². The monoisotopic (exact) mass is 486 g/mol. The fraction of sp³-hybridized carbons (Fsp3) is 0.250. The number of rotatable bonds is 6. The first-order chi connectivity index (χ1) is 17.1. The van der Waals surface area contributed by atoms with Gasteiger partial charge in [-0.2, -0.15) is 0 Å². The van der Waals surface area contributed by atoms with E-state index in [-0.39, 0.29) is 17.4 Å². The highest BCUT2D eigenvalue weighted by molar-refractivity contribution is 6.30. The molecule has 178 valence electrons. The Morgan fingerprint density at radius 2 is 1.77 bits per heavy atom. The number of fused-ring (bicyclic) bond motifs is 1. The van der Waals surface area contributed by atoms with Crippen LogP contribution >= 0.6 is 11.6 Å². The third-order valence-electron chi connectivity index (χ3n) is 6.47. The van der Waals surface area contributed by atoms with Gasteiger partial charge in [-0.05, 0) is 48.2 Å². The van der Waals surface area contributed by atoms with Gasteiger partial charge in [0.2, 0.25) is 5.91 Å². The Morgan fingerprint density at radius 3 is 2.60 bits per heavy atom. The number of carbonyl (C=O) groups excluding carboxylic acids is 1. The zero-order valence-corrected chi connectivity index (χ0v) is 20.1. The number of anilines is 1. The molecule has 6 nitrogen and oxygen atoms in total. The van der Waals surface area contributed by atoms with Crippen molar-refractivity contribution in [1.29, 1.82) is 0 Å². The number of carbonyl (C=O) groups is 1. The summed E-state index contributed by atoms with van der Waals surface area (Å²) in [6, 6.07) is 25.1. The SMILES string of the molecule is O=C(NCc1cccc(Cl)c1)[C@@H]1CCCN(c2nc3ccccc3n(Cc3ccccc3)c2=O)C1. The second-order valence-electron chi connectivity index (χ2n) is 8.93. The number of para-hydroxylation sites is 2. The minimum absolute atomic E-state index is 0.0138. The fourth-order valence-corrected chi connectivity index (χ4v) is 4.88. The first kappa shape index (κ1) is 23.1. The fourth-order valence-electron chi connectivity index (χ4n) is 4.67. The molecule has 4 aromatic rings. The lowest BCUT2D eigenvalue weighted by Crippen LogP contribution is -2.45. The van der Waals surface area contributed by atoms with Crippen LogP contribution in [0.25, 0.3) is 11.0 Å². The van der Waals surface area contributed by atoms with Gasteiger partial charge in [-0.15, -0.1) is 0 Å². The van der Waals surface area contributed by atoms with Crippen molar-refractivity contribution in [2.24, 2.45) is 5.92 Å². The molecule has 0 aliphatic carbocycles. The van der Waals surface area contributed by atoms with Crippen molar-refractivity contribution in [3.63, 3.8) is 0 Å². The maximum Gasteiger partial charge on any atom is 0.294 e. The summed E-state index contributed by atoms with van der Waals surface area (Å²) in [7, 11) is 0. The van der Waals surface area contributed by atoms with Crippen molar-refractivity contribution in [1.82, 2.24) is 14.9 Å². The van der Waals surface area contributed by atoms with Gasteiger partial charge in [-0.3, -0.25) is 14.2 Å². The highest BCUT2D eigenvalue weighted by Gasteiger charge is 2.28. The summed E-state index contributed by atoms with van der Waals surface area (Å²) in [6.07, 6.45) is 1.60. The molecule has 1 atom stereocenters. The molecule has 35 heavy (non-hydrogen) atoms.